The van der Waals surface area contributed by atoms with E-state index in [4.69, 9.17) is 0 Å². The topological polar surface area (TPSA) is 15.3 Å². The van der Waals surface area contributed by atoms with Crippen LogP contribution in [0.4, 0.5) is 0 Å². The summed E-state index contributed by atoms with van der Waals surface area (Å²) in [5.41, 5.74) is 1.45. The second-order valence-electron chi connectivity index (χ2n) is 5.39. The first kappa shape index (κ1) is 13.6. The molecule has 2 rings (SSSR count). The second kappa shape index (κ2) is 7.55. The molecular formula is C16H26N2. The Morgan fingerprint density at radius 2 is 1.89 bits per heavy atom. The van der Waals surface area contributed by atoms with Gasteiger partial charge in [0.1, 0.15) is 0 Å². The predicted molar refractivity (Wildman–Crippen MR) is 77.9 cm³/mol. The molecule has 0 radical (unpaired) electrons. The third kappa shape index (κ3) is 4.43. The summed E-state index contributed by atoms with van der Waals surface area (Å²) in [4.78, 5) is 2.60. The van der Waals surface area contributed by atoms with Crippen LogP contribution in [0.15, 0.2) is 30.3 Å². The van der Waals surface area contributed by atoms with Gasteiger partial charge in [0, 0.05) is 12.6 Å². The van der Waals surface area contributed by atoms with Gasteiger partial charge in [0.2, 0.25) is 0 Å². The smallest absolute Gasteiger partial charge is 0.0192 e. The first-order chi connectivity index (χ1) is 8.86. The van der Waals surface area contributed by atoms with Crippen molar-refractivity contribution in [3.05, 3.63) is 35.9 Å². The average Bonchev–Trinajstić information content (AvgIpc) is 2.93. The molecule has 1 unspecified atom stereocenters. The quantitative estimate of drug-likeness (QED) is 0.744. The lowest BCUT2D eigenvalue weighted by Gasteiger charge is -2.23. The molecule has 1 heterocycles. The van der Waals surface area contributed by atoms with Crippen LogP contribution in [0.25, 0.3) is 0 Å². The van der Waals surface area contributed by atoms with Crippen molar-refractivity contribution in [2.24, 2.45) is 0 Å². The normalized spacial score (nSPS) is 18.1. The second-order valence-corrected chi connectivity index (χ2v) is 5.39. The summed E-state index contributed by atoms with van der Waals surface area (Å²) < 4.78 is 0. The van der Waals surface area contributed by atoms with E-state index in [0.717, 1.165) is 13.1 Å². The summed E-state index contributed by atoms with van der Waals surface area (Å²) in [5.74, 6) is 0. The fraction of sp³-hybridized carbons (Fsp3) is 0.625. The van der Waals surface area contributed by atoms with E-state index in [1.807, 2.05) is 0 Å². The van der Waals surface area contributed by atoms with E-state index in [9.17, 15) is 0 Å². The number of benzene rings is 1. The van der Waals surface area contributed by atoms with Crippen LogP contribution >= 0.6 is 0 Å². The molecule has 1 aromatic carbocycles. The molecule has 0 bridgehead atoms. The summed E-state index contributed by atoms with van der Waals surface area (Å²) >= 11 is 0. The third-order valence-corrected chi connectivity index (χ3v) is 3.87. The van der Waals surface area contributed by atoms with Gasteiger partial charge in [-0.1, -0.05) is 30.3 Å². The van der Waals surface area contributed by atoms with Gasteiger partial charge in [-0.2, -0.15) is 0 Å². The average molecular weight is 246 g/mol. The Hall–Kier alpha value is -0.860. The van der Waals surface area contributed by atoms with Crippen LogP contribution in [-0.4, -0.2) is 37.1 Å². The van der Waals surface area contributed by atoms with Gasteiger partial charge in [0.05, 0.1) is 0 Å². The van der Waals surface area contributed by atoms with E-state index >= 15 is 0 Å². The molecule has 1 N–H and O–H groups in total. The standard InChI is InChI=1S/C16H26N2/c1-15(18-12-5-6-13-18)14-17-11-7-10-16-8-3-2-4-9-16/h2-4,8-9,15,17H,5-7,10-14H2,1H3. The van der Waals surface area contributed by atoms with Crippen molar-refractivity contribution >= 4 is 0 Å². The first-order valence-electron chi connectivity index (χ1n) is 7.35. The summed E-state index contributed by atoms with van der Waals surface area (Å²) in [6.07, 6.45) is 5.19. The van der Waals surface area contributed by atoms with Gasteiger partial charge in [-0.25, -0.2) is 0 Å². The molecule has 0 spiro atoms. The fourth-order valence-corrected chi connectivity index (χ4v) is 2.68. The lowest BCUT2D eigenvalue weighted by atomic mass is 10.1. The Balaban J connectivity index is 1.53. The number of nitrogens with zero attached hydrogens (tertiary/aromatic N) is 1. The maximum absolute atomic E-state index is 3.59. The van der Waals surface area contributed by atoms with E-state index < -0.39 is 0 Å². The van der Waals surface area contributed by atoms with Crippen molar-refractivity contribution < 1.29 is 0 Å². The Morgan fingerprint density at radius 3 is 2.61 bits per heavy atom. The first-order valence-corrected chi connectivity index (χ1v) is 7.35. The van der Waals surface area contributed by atoms with Crippen molar-refractivity contribution in [2.45, 2.75) is 38.6 Å². The van der Waals surface area contributed by atoms with E-state index in [2.05, 4.69) is 47.5 Å². The van der Waals surface area contributed by atoms with Gasteiger partial charge in [-0.05, 0) is 57.8 Å². The number of nitrogens with one attached hydrogen (secondary N) is 1. The summed E-state index contributed by atoms with van der Waals surface area (Å²) in [5, 5.41) is 3.59. The molecule has 18 heavy (non-hydrogen) atoms. The largest absolute Gasteiger partial charge is 0.315 e. The van der Waals surface area contributed by atoms with Crippen LogP contribution < -0.4 is 5.32 Å². The highest BCUT2D eigenvalue weighted by atomic mass is 15.2. The summed E-state index contributed by atoms with van der Waals surface area (Å²) in [6.45, 7) is 7.21. The molecule has 1 aliphatic rings. The Kier molecular flexibility index (Phi) is 5.69. The maximum atomic E-state index is 3.59. The molecule has 2 nitrogen and oxygen atoms in total. The number of hydrogen-bond donors (Lipinski definition) is 1. The molecule has 1 aromatic rings. The molecular weight excluding hydrogens is 220 g/mol. The van der Waals surface area contributed by atoms with Gasteiger partial charge < -0.3 is 5.32 Å². The molecule has 0 saturated carbocycles. The van der Waals surface area contributed by atoms with Crippen LogP contribution in [0, 0.1) is 0 Å². The molecule has 1 atom stereocenters. The molecule has 2 heteroatoms. The molecule has 1 aliphatic heterocycles. The monoisotopic (exact) mass is 246 g/mol. The van der Waals surface area contributed by atoms with Crippen molar-refractivity contribution in [2.75, 3.05) is 26.2 Å². The highest BCUT2D eigenvalue weighted by molar-refractivity contribution is 5.14. The van der Waals surface area contributed by atoms with E-state index in [-0.39, 0.29) is 0 Å². The Labute approximate surface area is 111 Å². The van der Waals surface area contributed by atoms with Gasteiger partial charge in [0.25, 0.3) is 0 Å². The minimum absolute atomic E-state index is 0.698. The minimum Gasteiger partial charge on any atom is -0.315 e. The van der Waals surface area contributed by atoms with Crippen molar-refractivity contribution in [1.82, 2.24) is 10.2 Å². The third-order valence-electron chi connectivity index (χ3n) is 3.87. The lowest BCUT2D eigenvalue weighted by molar-refractivity contribution is 0.252. The fourth-order valence-electron chi connectivity index (χ4n) is 2.68. The van der Waals surface area contributed by atoms with Gasteiger partial charge in [-0.3, -0.25) is 4.90 Å². The summed E-state index contributed by atoms with van der Waals surface area (Å²) in [6, 6.07) is 11.5. The van der Waals surface area contributed by atoms with E-state index in [1.54, 1.807) is 0 Å². The van der Waals surface area contributed by atoms with E-state index in [1.165, 1.54) is 44.3 Å². The van der Waals surface area contributed by atoms with Crippen LogP contribution in [0.1, 0.15) is 31.7 Å². The van der Waals surface area contributed by atoms with Crippen LogP contribution in [0.5, 0.6) is 0 Å². The predicted octanol–water partition coefficient (Wildman–Crippen LogP) is 2.69. The maximum Gasteiger partial charge on any atom is 0.0192 e. The highest BCUT2D eigenvalue weighted by Crippen LogP contribution is 2.10. The van der Waals surface area contributed by atoms with Gasteiger partial charge in [-0.15, -0.1) is 0 Å². The van der Waals surface area contributed by atoms with Crippen molar-refractivity contribution in [1.29, 1.82) is 0 Å². The number of hydrogen-bond acceptors (Lipinski definition) is 2. The molecule has 100 valence electrons. The number of rotatable bonds is 7. The molecule has 0 amide bonds. The summed E-state index contributed by atoms with van der Waals surface area (Å²) in [7, 11) is 0. The van der Waals surface area contributed by atoms with E-state index in [0.29, 0.717) is 6.04 Å². The molecule has 0 aromatic heterocycles. The number of likely N-dealkylation sites (tertiary alicyclic amines) is 1. The Morgan fingerprint density at radius 1 is 1.17 bits per heavy atom. The molecule has 1 fully saturated rings. The lowest BCUT2D eigenvalue weighted by Crippen LogP contribution is -2.38. The van der Waals surface area contributed by atoms with Crippen LogP contribution in [0.2, 0.25) is 0 Å². The molecule has 1 saturated heterocycles. The zero-order valence-electron chi connectivity index (χ0n) is 11.6. The zero-order chi connectivity index (χ0) is 12.6. The SMILES string of the molecule is CC(CNCCCc1ccccc1)N1CCCC1. The van der Waals surface area contributed by atoms with Crippen molar-refractivity contribution in [3.63, 3.8) is 0 Å². The van der Waals surface area contributed by atoms with Crippen LogP contribution in [-0.2, 0) is 6.42 Å². The van der Waals surface area contributed by atoms with Crippen LogP contribution in [0.3, 0.4) is 0 Å². The van der Waals surface area contributed by atoms with Gasteiger partial charge in [0.15, 0.2) is 0 Å². The van der Waals surface area contributed by atoms with Gasteiger partial charge >= 0.3 is 0 Å². The Bertz CT molecular complexity index is 317. The number of aryl methyl sites for hydroxylation is 1. The zero-order valence-corrected chi connectivity index (χ0v) is 11.6. The minimum atomic E-state index is 0.698. The molecule has 0 aliphatic carbocycles. The van der Waals surface area contributed by atoms with Crippen molar-refractivity contribution in [3.8, 4) is 0 Å². The highest BCUT2D eigenvalue weighted by Gasteiger charge is 2.16.